The van der Waals surface area contributed by atoms with E-state index in [0.717, 1.165) is 0 Å². The van der Waals surface area contributed by atoms with E-state index in [1.807, 2.05) is 18.2 Å². The van der Waals surface area contributed by atoms with Crippen molar-refractivity contribution in [3.63, 3.8) is 0 Å². The second-order valence-electron chi connectivity index (χ2n) is 4.11. The first-order valence-corrected chi connectivity index (χ1v) is 6.99. The summed E-state index contributed by atoms with van der Waals surface area (Å²) in [7, 11) is 0. The first kappa shape index (κ1) is 13.6. The predicted molar refractivity (Wildman–Crippen MR) is 75.5 cm³/mol. The molecule has 2 rings (SSSR count). The Labute approximate surface area is 120 Å². The second kappa shape index (κ2) is 6.38. The van der Waals surface area contributed by atoms with E-state index in [2.05, 4.69) is 15.9 Å². The lowest BCUT2D eigenvalue weighted by Gasteiger charge is -1.99. The van der Waals surface area contributed by atoms with Gasteiger partial charge in [-0.2, -0.15) is 4.57 Å². The molecule has 0 saturated carbocycles. The van der Waals surface area contributed by atoms with E-state index in [9.17, 15) is 9.59 Å². The maximum Gasteiger partial charge on any atom is 0.227 e. The van der Waals surface area contributed by atoms with Gasteiger partial charge in [0, 0.05) is 23.3 Å². The fourth-order valence-electron chi connectivity index (χ4n) is 1.71. The van der Waals surface area contributed by atoms with Gasteiger partial charge in [-0.05, 0) is 0 Å². The fraction of sp³-hybridized carbons (Fsp3) is 0.133. The number of pyridine rings is 1. The number of aromatic nitrogens is 1. The van der Waals surface area contributed by atoms with Gasteiger partial charge in [0.1, 0.15) is 0 Å². The quantitative estimate of drug-likeness (QED) is 0.482. The van der Waals surface area contributed by atoms with Gasteiger partial charge in [0.2, 0.25) is 12.3 Å². The van der Waals surface area contributed by atoms with Crippen LogP contribution in [0.25, 0.3) is 0 Å². The molecule has 3 nitrogen and oxygen atoms in total. The minimum Gasteiger partial charge on any atom is -0.293 e. The molecule has 0 fully saturated rings. The molecule has 0 aliphatic rings. The molecule has 2 aromatic rings. The summed E-state index contributed by atoms with van der Waals surface area (Å²) in [6.07, 6.45) is 3.49. The van der Waals surface area contributed by atoms with Crippen LogP contribution in [0.2, 0.25) is 0 Å². The molecule has 0 bridgehead atoms. The number of hydrogen-bond acceptors (Lipinski definition) is 2. The Morgan fingerprint density at radius 2 is 1.47 bits per heavy atom. The first-order valence-electron chi connectivity index (χ1n) is 5.87. The molecule has 0 aliphatic carbocycles. The van der Waals surface area contributed by atoms with E-state index in [-0.39, 0.29) is 18.1 Å². The Morgan fingerprint density at radius 3 is 2.05 bits per heavy atom. The lowest BCUT2D eigenvalue weighted by Crippen LogP contribution is -2.37. The van der Waals surface area contributed by atoms with Crippen molar-refractivity contribution in [2.24, 2.45) is 0 Å². The highest BCUT2D eigenvalue weighted by molar-refractivity contribution is 9.09. The van der Waals surface area contributed by atoms with E-state index in [1.165, 1.54) is 0 Å². The number of rotatable bonds is 5. The van der Waals surface area contributed by atoms with Crippen molar-refractivity contribution >= 4 is 27.5 Å². The number of carbonyl (C=O) groups excluding carboxylic acids is 2. The topological polar surface area (TPSA) is 38.0 Å². The van der Waals surface area contributed by atoms with Crippen LogP contribution in [0.1, 0.15) is 20.7 Å². The summed E-state index contributed by atoms with van der Waals surface area (Å²) in [4.78, 5) is 23.4. The minimum atomic E-state index is 0.0292. The summed E-state index contributed by atoms with van der Waals surface area (Å²) in [5.41, 5.74) is 1.33. The second-order valence-corrected chi connectivity index (χ2v) is 4.67. The van der Waals surface area contributed by atoms with Crippen molar-refractivity contribution in [3.05, 3.63) is 66.0 Å². The molecule has 0 amide bonds. The van der Waals surface area contributed by atoms with Crippen LogP contribution in [0.3, 0.4) is 0 Å². The number of nitrogens with zero attached hydrogens (tertiary/aromatic N) is 1. The van der Waals surface area contributed by atoms with Crippen LogP contribution in [0.4, 0.5) is 0 Å². The number of benzene rings is 1. The van der Waals surface area contributed by atoms with Gasteiger partial charge in [-0.1, -0.05) is 46.3 Å². The maximum atomic E-state index is 12.0. The molecule has 1 heterocycles. The van der Waals surface area contributed by atoms with Crippen molar-refractivity contribution in [2.45, 2.75) is 6.54 Å². The Bertz CT molecular complexity index is 579. The number of halogens is 1. The van der Waals surface area contributed by atoms with E-state index in [4.69, 9.17) is 0 Å². The summed E-state index contributed by atoms with van der Waals surface area (Å²) >= 11 is 3.13. The molecule has 0 spiro atoms. The molecule has 19 heavy (non-hydrogen) atoms. The summed E-state index contributed by atoms with van der Waals surface area (Å²) in [5.74, 6) is 0.0757. The fourth-order valence-corrected chi connectivity index (χ4v) is 2.03. The van der Waals surface area contributed by atoms with Crippen LogP contribution in [-0.2, 0) is 6.54 Å². The Hall–Kier alpha value is -1.81. The molecular weight excluding hydrogens is 306 g/mol. The van der Waals surface area contributed by atoms with Crippen LogP contribution in [0, 0.1) is 0 Å². The van der Waals surface area contributed by atoms with E-state index in [0.29, 0.717) is 16.5 Å². The molecule has 0 radical (unpaired) electrons. The smallest absolute Gasteiger partial charge is 0.227 e. The number of ketones is 2. The molecule has 0 N–H and O–H groups in total. The summed E-state index contributed by atoms with van der Waals surface area (Å²) in [5, 5.41) is 0.306. The summed E-state index contributed by atoms with van der Waals surface area (Å²) in [6, 6.07) is 12.6. The molecule has 0 saturated heterocycles. The summed E-state index contributed by atoms with van der Waals surface area (Å²) < 4.78 is 1.76. The lowest BCUT2D eigenvalue weighted by atomic mass is 10.1. The number of alkyl halides is 1. The van der Waals surface area contributed by atoms with Gasteiger partial charge >= 0.3 is 0 Å². The van der Waals surface area contributed by atoms with E-state index in [1.54, 1.807) is 41.2 Å². The average Bonchev–Trinajstić information content (AvgIpc) is 2.48. The third-order valence-corrected chi connectivity index (χ3v) is 3.27. The Balaban J connectivity index is 2.08. The van der Waals surface area contributed by atoms with Gasteiger partial charge in [-0.15, -0.1) is 0 Å². The third kappa shape index (κ3) is 3.58. The highest BCUT2D eigenvalue weighted by Gasteiger charge is 2.12. The van der Waals surface area contributed by atoms with Gasteiger partial charge in [0.05, 0.1) is 5.33 Å². The van der Waals surface area contributed by atoms with Gasteiger partial charge in [0.25, 0.3) is 0 Å². The minimum absolute atomic E-state index is 0.0292. The number of carbonyl (C=O) groups is 2. The van der Waals surface area contributed by atoms with Crippen molar-refractivity contribution < 1.29 is 14.2 Å². The Morgan fingerprint density at radius 1 is 0.895 bits per heavy atom. The normalized spacial score (nSPS) is 10.2. The highest BCUT2D eigenvalue weighted by atomic mass is 79.9. The van der Waals surface area contributed by atoms with E-state index < -0.39 is 0 Å². The molecule has 0 unspecified atom stereocenters. The molecule has 96 valence electrons. The Kier molecular flexibility index (Phi) is 4.58. The van der Waals surface area contributed by atoms with Crippen LogP contribution in [0.5, 0.6) is 0 Å². The third-order valence-electron chi connectivity index (χ3n) is 2.76. The molecule has 0 atom stereocenters. The monoisotopic (exact) mass is 318 g/mol. The standard InChI is InChI=1S/C15H13BrNO2/c16-10-14(18)13-6-8-17(9-7-13)11-15(19)12-4-2-1-3-5-12/h1-9H,10-11H2/q+1. The lowest BCUT2D eigenvalue weighted by molar-refractivity contribution is -0.683. The summed E-state index contributed by atoms with van der Waals surface area (Å²) in [6.45, 7) is 0.271. The van der Waals surface area contributed by atoms with Gasteiger partial charge in [-0.25, -0.2) is 0 Å². The van der Waals surface area contributed by atoms with Gasteiger partial charge < -0.3 is 0 Å². The molecule has 4 heteroatoms. The van der Waals surface area contributed by atoms with Gasteiger partial charge in [-0.3, -0.25) is 9.59 Å². The molecular formula is C15H13BrNO2+. The SMILES string of the molecule is O=C(CBr)c1cc[n+](CC(=O)c2ccccc2)cc1. The molecule has 1 aromatic heterocycles. The van der Waals surface area contributed by atoms with Crippen LogP contribution >= 0.6 is 15.9 Å². The number of hydrogen-bond donors (Lipinski definition) is 0. The zero-order chi connectivity index (χ0) is 13.7. The highest BCUT2D eigenvalue weighted by Crippen LogP contribution is 2.02. The zero-order valence-corrected chi connectivity index (χ0v) is 11.8. The van der Waals surface area contributed by atoms with Crippen LogP contribution < -0.4 is 4.57 Å². The maximum absolute atomic E-state index is 12.0. The molecule has 0 aliphatic heterocycles. The predicted octanol–water partition coefficient (Wildman–Crippen LogP) is 2.43. The first-order chi connectivity index (χ1) is 9.20. The van der Waals surface area contributed by atoms with Crippen molar-refractivity contribution in [2.75, 3.05) is 5.33 Å². The largest absolute Gasteiger partial charge is 0.293 e. The van der Waals surface area contributed by atoms with E-state index >= 15 is 0 Å². The molecule has 1 aromatic carbocycles. The van der Waals surface area contributed by atoms with Crippen molar-refractivity contribution in [1.29, 1.82) is 0 Å². The zero-order valence-electron chi connectivity index (χ0n) is 10.3. The number of Topliss-reactive ketones (excluding diaryl/α,β-unsaturated/α-hetero) is 2. The van der Waals surface area contributed by atoms with Crippen LogP contribution in [-0.4, -0.2) is 16.9 Å². The average molecular weight is 319 g/mol. The van der Waals surface area contributed by atoms with Crippen molar-refractivity contribution in [1.82, 2.24) is 0 Å². The van der Waals surface area contributed by atoms with Crippen LogP contribution in [0.15, 0.2) is 54.9 Å². The van der Waals surface area contributed by atoms with Gasteiger partial charge in [0.15, 0.2) is 18.2 Å². The van der Waals surface area contributed by atoms with Crippen molar-refractivity contribution in [3.8, 4) is 0 Å².